The molecule has 1 heterocycles. The number of hydrogen-bond acceptors (Lipinski definition) is 5. The van der Waals surface area contributed by atoms with E-state index in [1.165, 1.54) is 0 Å². The third-order valence-electron chi connectivity index (χ3n) is 3.52. The highest BCUT2D eigenvalue weighted by Gasteiger charge is 2.24. The summed E-state index contributed by atoms with van der Waals surface area (Å²) in [6.45, 7) is 1.72. The van der Waals surface area contributed by atoms with Gasteiger partial charge in [-0.2, -0.15) is 0 Å². The predicted octanol–water partition coefficient (Wildman–Crippen LogP) is 5.63. The molecule has 0 saturated heterocycles. The normalized spacial score (nSPS) is 14.9. The smallest absolute Gasteiger partial charge is 0.363 e. The molecule has 8 heteroatoms. The molecule has 2 aromatic rings. The van der Waals surface area contributed by atoms with Gasteiger partial charge in [0.2, 0.25) is 5.90 Å². The van der Waals surface area contributed by atoms with Gasteiger partial charge in [0.1, 0.15) is 0 Å². The minimum Gasteiger partial charge on any atom is -0.424 e. The maximum Gasteiger partial charge on any atom is 0.363 e. The molecule has 2 aromatic carbocycles. The van der Waals surface area contributed by atoms with Crippen molar-refractivity contribution in [3.63, 3.8) is 0 Å². The van der Waals surface area contributed by atoms with Crippen molar-refractivity contribution in [2.45, 2.75) is 13.3 Å². The van der Waals surface area contributed by atoms with E-state index in [0.717, 1.165) is 4.47 Å². The zero-order valence-corrected chi connectivity index (χ0v) is 18.7. The molecule has 0 spiro atoms. The van der Waals surface area contributed by atoms with Crippen LogP contribution in [-0.2, 0) is 14.3 Å². The van der Waals surface area contributed by atoms with Crippen LogP contribution in [0, 0.1) is 0 Å². The minimum absolute atomic E-state index is 0.182. The number of carbonyl (C=O) groups excluding carboxylic acids is 2. The van der Waals surface area contributed by atoms with E-state index in [-0.39, 0.29) is 24.0 Å². The Morgan fingerprint density at radius 3 is 2.52 bits per heavy atom. The Morgan fingerprint density at radius 1 is 1.19 bits per heavy atom. The van der Waals surface area contributed by atoms with E-state index in [2.05, 4.69) is 52.8 Å². The highest BCUT2D eigenvalue weighted by atomic mass is 79.9. The second kappa shape index (κ2) is 8.50. The molecule has 0 saturated carbocycles. The average Bonchev–Trinajstić information content (AvgIpc) is 2.98. The Hall–Kier alpha value is -1.77. The molecule has 1 aliphatic heterocycles. The van der Waals surface area contributed by atoms with Crippen LogP contribution in [-0.4, -0.2) is 17.8 Å². The largest absolute Gasteiger partial charge is 0.424 e. The van der Waals surface area contributed by atoms with Crippen LogP contribution < -0.4 is 4.74 Å². The van der Waals surface area contributed by atoms with Gasteiger partial charge in [-0.1, -0.05) is 28.9 Å². The summed E-state index contributed by atoms with van der Waals surface area (Å²) in [5, 5.41) is 0. The first kappa shape index (κ1) is 20.0. The molecule has 0 bridgehead atoms. The summed E-state index contributed by atoms with van der Waals surface area (Å²) in [7, 11) is 0. The van der Waals surface area contributed by atoms with Crippen molar-refractivity contribution in [2.24, 2.45) is 4.99 Å². The van der Waals surface area contributed by atoms with Crippen molar-refractivity contribution in [1.29, 1.82) is 0 Å². The highest BCUT2D eigenvalue weighted by Crippen LogP contribution is 2.36. The number of esters is 2. The summed E-state index contributed by atoms with van der Waals surface area (Å²) < 4.78 is 12.6. The van der Waals surface area contributed by atoms with Crippen LogP contribution in [0.5, 0.6) is 5.75 Å². The molecule has 0 unspecified atom stereocenters. The fourth-order valence-corrected chi connectivity index (χ4v) is 4.04. The molecule has 0 radical (unpaired) electrons. The number of carbonyl (C=O) groups is 2. The van der Waals surface area contributed by atoms with Crippen LogP contribution in [0.25, 0.3) is 6.08 Å². The second-order valence-corrected chi connectivity index (χ2v) is 8.11. The lowest BCUT2D eigenvalue weighted by molar-refractivity contribution is -0.134. The first-order valence-electron chi connectivity index (χ1n) is 7.85. The van der Waals surface area contributed by atoms with Crippen molar-refractivity contribution >= 4 is 71.7 Å². The summed E-state index contributed by atoms with van der Waals surface area (Å²) in [6, 6.07) is 10.8. The third-order valence-corrected chi connectivity index (χ3v) is 5.19. The monoisotopic (exact) mass is 555 g/mol. The van der Waals surface area contributed by atoms with Crippen molar-refractivity contribution in [3.8, 4) is 5.75 Å². The number of halogens is 3. The van der Waals surface area contributed by atoms with Crippen molar-refractivity contribution < 1.29 is 19.1 Å². The van der Waals surface area contributed by atoms with E-state index in [0.29, 0.717) is 25.8 Å². The second-order valence-electron chi connectivity index (χ2n) is 5.49. The van der Waals surface area contributed by atoms with Gasteiger partial charge in [-0.3, -0.25) is 4.79 Å². The Kier molecular flexibility index (Phi) is 6.29. The fraction of sp³-hybridized carbons (Fsp3) is 0.105. The lowest BCUT2D eigenvalue weighted by atomic mass is 10.2. The molecule has 0 N–H and O–H groups in total. The maximum absolute atomic E-state index is 12.2. The van der Waals surface area contributed by atoms with Crippen LogP contribution in [0.4, 0.5) is 0 Å². The first-order chi connectivity index (χ1) is 12.9. The zero-order chi connectivity index (χ0) is 19.6. The van der Waals surface area contributed by atoms with Crippen LogP contribution in [0.15, 0.2) is 60.5 Å². The van der Waals surface area contributed by atoms with E-state index < -0.39 is 5.97 Å². The minimum atomic E-state index is -0.529. The van der Waals surface area contributed by atoms with E-state index in [1.54, 1.807) is 25.1 Å². The molecule has 1 aliphatic rings. The summed E-state index contributed by atoms with van der Waals surface area (Å²) in [5.74, 6) is -0.237. The SMILES string of the molecule is CCC(=O)Oc1c(Br)cc(/C=C2\N=C(c3cccc(Br)c3)OC2=O)cc1Br. The molecule has 138 valence electrons. The van der Waals surface area contributed by atoms with Crippen LogP contribution in [0.2, 0.25) is 0 Å². The van der Waals surface area contributed by atoms with Crippen LogP contribution in [0.1, 0.15) is 24.5 Å². The van der Waals surface area contributed by atoms with Gasteiger partial charge in [-0.05, 0) is 73.8 Å². The molecule has 27 heavy (non-hydrogen) atoms. The number of cyclic esters (lactones) is 1. The zero-order valence-electron chi connectivity index (χ0n) is 14.0. The topological polar surface area (TPSA) is 65.0 Å². The number of rotatable bonds is 4. The summed E-state index contributed by atoms with van der Waals surface area (Å²) in [4.78, 5) is 28.0. The van der Waals surface area contributed by atoms with Crippen LogP contribution >= 0.6 is 47.8 Å². The standard InChI is InChI=1S/C19H12Br3NO4/c1-2-16(24)26-17-13(21)6-10(7-14(17)22)8-15-19(25)27-18(23-15)11-4-3-5-12(20)9-11/h3-9H,2H2,1H3/b15-8-. The van der Waals surface area contributed by atoms with Gasteiger partial charge in [-0.15, -0.1) is 0 Å². The molecule has 0 atom stereocenters. The molecule has 0 aromatic heterocycles. The quantitative estimate of drug-likeness (QED) is 0.277. The summed E-state index contributed by atoms with van der Waals surface area (Å²) in [6.07, 6.45) is 1.87. The van der Waals surface area contributed by atoms with Gasteiger partial charge in [0.15, 0.2) is 11.4 Å². The molecule has 0 fully saturated rings. The van der Waals surface area contributed by atoms with Gasteiger partial charge < -0.3 is 9.47 Å². The highest BCUT2D eigenvalue weighted by molar-refractivity contribution is 9.11. The van der Waals surface area contributed by atoms with Crippen molar-refractivity contribution in [2.75, 3.05) is 0 Å². The van der Waals surface area contributed by atoms with Gasteiger partial charge in [0.25, 0.3) is 0 Å². The molecule has 5 nitrogen and oxygen atoms in total. The molecule has 0 aliphatic carbocycles. The Morgan fingerprint density at radius 2 is 1.89 bits per heavy atom. The van der Waals surface area contributed by atoms with Crippen LogP contribution in [0.3, 0.4) is 0 Å². The summed E-state index contributed by atoms with van der Waals surface area (Å²) in [5.41, 5.74) is 1.57. The van der Waals surface area contributed by atoms with Gasteiger partial charge >= 0.3 is 11.9 Å². The van der Waals surface area contributed by atoms with Gasteiger partial charge in [0.05, 0.1) is 8.95 Å². The van der Waals surface area contributed by atoms with E-state index >= 15 is 0 Å². The number of benzene rings is 2. The fourth-order valence-electron chi connectivity index (χ4n) is 2.26. The Labute approximate surface area is 180 Å². The van der Waals surface area contributed by atoms with Gasteiger partial charge in [0, 0.05) is 16.5 Å². The molecular formula is C19H12Br3NO4. The lowest BCUT2D eigenvalue weighted by Gasteiger charge is -2.09. The maximum atomic E-state index is 12.2. The Balaban J connectivity index is 1.92. The first-order valence-corrected chi connectivity index (χ1v) is 10.2. The predicted molar refractivity (Wildman–Crippen MR) is 113 cm³/mol. The Bertz CT molecular complexity index is 975. The number of nitrogens with zero attached hydrogens (tertiary/aromatic N) is 1. The molecular weight excluding hydrogens is 546 g/mol. The number of aliphatic imine (C=N–C) groups is 1. The van der Waals surface area contributed by atoms with E-state index in [9.17, 15) is 9.59 Å². The average molecular weight is 558 g/mol. The summed E-state index contributed by atoms with van der Waals surface area (Å²) >= 11 is 10.1. The number of ether oxygens (including phenoxy) is 2. The van der Waals surface area contributed by atoms with E-state index in [1.807, 2.05) is 24.3 Å². The van der Waals surface area contributed by atoms with Crippen molar-refractivity contribution in [1.82, 2.24) is 0 Å². The van der Waals surface area contributed by atoms with E-state index in [4.69, 9.17) is 9.47 Å². The molecule has 0 amide bonds. The lowest BCUT2D eigenvalue weighted by Crippen LogP contribution is -2.06. The number of hydrogen-bond donors (Lipinski definition) is 0. The third kappa shape index (κ3) is 4.75. The van der Waals surface area contributed by atoms with Crippen molar-refractivity contribution in [3.05, 3.63) is 66.6 Å². The molecule has 3 rings (SSSR count). The van der Waals surface area contributed by atoms with Gasteiger partial charge in [-0.25, -0.2) is 9.79 Å².